The number of nitrogens with zero attached hydrogens (tertiary/aromatic N) is 3. The Hall–Kier alpha value is -1.70. The van der Waals surface area contributed by atoms with E-state index in [1.54, 1.807) is 11.7 Å². The number of sulfonamides is 1. The summed E-state index contributed by atoms with van der Waals surface area (Å²) in [6.45, 7) is 4.45. The standard InChI is InChI=1S/C16H24N4O2S/c1-13(2)16(17)9-10-19(3)23(21,22)15-11-18-20(12-15)14-7-5-4-6-8-14/h4-8,11-13,16H,9-10,17H2,1-3H3. The third-order valence-corrected chi connectivity index (χ3v) is 5.73. The van der Waals surface area contributed by atoms with Crippen LogP contribution in [-0.2, 0) is 10.0 Å². The second kappa shape index (κ2) is 7.25. The predicted octanol–water partition coefficient (Wildman–Crippen LogP) is 1.87. The number of rotatable bonds is 7. The number of hydrogen-bond acceptors (Lipinski definition) is 4. The molecule has 2 N–H and O–H groups in total. The van der Waals surface area contributed by atoms with E-state index >= 15 is 0 Å². The van der Waals surface area contributed by atoms with E-state index in [-0.39, 0.29) is 10.9 Å². The highest BCUT2D eigenvalue weighted by Crippen LogP contribution is 2.16. The van der Waals surface area contributed by atoms with Crippen LogP contribution >= 0.6 is 0 Å². The summed E-state index contributed by atoms with van der Waals surface area (Å²) in [5.41, 5.74) is 6.81. The van der Waals surface area contributed by atoms with Gasteiger partial charge in [0.1, 0.15) is 4.90 Å². The summed E-state index contributed by atoms with van der Waals surface area (Å²) < 4.78 is 28.1. The number of nitrogens with two attached hydrogens (primary N) is 1. The Morgan fingerprint density at radius 3 is 2.52 bits per heavy atom. The number of hydrogen-bond donors (Lipinski definition) is 1. The van der Waals surface area contributed by atoms with Gasteiger partial charge in [-0.1, -0.05) is 32.0 Å². The maximum absolute atomic E-state index is 12.6. The van der Waals surface area contributed by atoms with Gasteiger partial charge in [0.2, 0.25) is 10.0 Å². The molecule has 1 atom stereocenters. The maximum atomic E-state index is 12.6. The highest BCUT2D eigenvalue weighted by molar-refractivity contribution is 7.89. The van der Waals surface area contributed by atoms with Gasteiger partial charge in [0.05, 0.1) is 18.1 Å². The van der Waals surface area contributed by atoms with Crippen LogP contribution in [0.5, 0.6) is 0 Å². The van der Waals surface area contributed by atoms with Gasteiger partial charge < -0.3 is 5.73 Å². The third-order valence-electron chi connectivity index (χ3n) is 3.92. The molecule has 1 aromatic carbocycles. The van der Waals surface area contributed by atoms with E-state index in [0.29, 0.717) is 18.9 Å². The summed E-state index contributed by atoms with van der Waals surface area (Å²) in [4.78, 5) is 0.182. The first-order valence-electron chi connectivity index (χ1n) is 7.64. The summed E-state index contributed by atoms with van der Waals surface area (Å²) >= 11 is 0. The van der Waals surface area contributed by atoms with Crippen LogP contribution in [0.4, 0.5) is 0 Å². The van der Waals surface area contributed by atoms with Crippen LogP contribution in [0.1, 0.15) is 20.3 Å². The van der Waals surface area contributed by atoms with Crippen molar-refractivity contribution in [2.45, 2.75) is 31.2 Å². The topological polar surface area (TPSA) is 81.2 Å². The van der Waals surface area contributed by atoms with Gasteiger partial charge >= 0.3 is 0 Å². The van der Waals surface area contributed by atoms with E-state index in [4.69, 9.17) is 5.73 Å². The molecule has 2 aromatic rings. The lowest BCUT2D eigenvalue weighted by molar-refractivity contribution is 0.397. The minimum Gasteiger partial charge on any atom is -0.327 e. The highest BCUT2D eigenvalue weighted by atomic mass is 32.2. The van der Waals surface area contributed by atoms with E-state index in [1.165, 1.54) is 16.7 Å². The van der Waals surface area contributed by atoms with E-state index in [1.807, 2.05) is 44.2 Å². The van der Waals surface area contributed by atoms with Crippen LogP contribution in [0.25, 0.3) is 5.69 Å². The SMILES string of the molecule is CC(C)C(N)CCN(C)S(=O)(=O)c1cnn(-c2ccccc2)c1. The molecule has 1 aromatic heterocycles. The molecule has 0 radical (unpaired) electrons. The second-order valence-electron chi connectivity index (χ2n) is 5.98. The Kier molecular flexibility index (Phi) is 5.56. The van der Waals surface area contributed by atoms with Gasteiger partial charge in [-0.25, -0.2) is 17.4 Å². The van der Waals surface area contributed by atoms with Crippen LogP contribution < -0.4 is 5.73 Å². The van der Waals surface area contributed by atoms with Crippen LogP contribution in [0, 0.1) is 5.92 Å². The first-order valence-corrected chi connectivity index (χ1v) is 9.08. The molecular formula is C16H24N4O2S. The van der Waals surface area contributed by atoms with Gasteiger partial charge in [-0.05, 0) is 24.5 Å². The molecule has 0 aliphatic carbocycles. The average molecular weight is 336 g/mol. The molecule has 0 amide bonds. The van der Waals surface area contributed by atoms with Crippen molar-refractivity contribution in [3.63, 3.8) is 0 Å². The molecule has 0 aliphatic rings. The summed E-state index contributed by atoms with van der Waals surface area (Å²) in [5, 5.41) is 4.14. The average Bonchev–Trinajstić information content (AvgIpc) is 3.03. The van der Waals surface area contributed by atoms with E-state index < -0.39 is 10.0 Å². The Bertz CT molecular complexity index is 726. The molecule has 1 heterocycles. The molecule has 0 aliphatic heterocycles. The van der Waals surface area contributed by atoms with Crippen LogP contribution in [0.15, 0.2) is 47.6 Å². The van der Waals surface area contributed by atoms with Crippen molar-refractivity contribution in [2.75, 3.05) is 13.6 Å². The molecule has 0 fully saturated rings. The zero-order valence-corrected chi connectivity index (χ0v) is 14.6. The van der Waals surface area contributed by atoms with E-state index in [9.17, 15) is 8.42 Å². The van der Waals surface area contributed by atoms with Crippen molar-refractivity contribution < 1.29 is 8.42 Å². The monoisotopic (exact) mass is 336 g/mol. The fourth-order valence-corrected chi connectivity index (χ4v) is 3.24. The number of benzene rings is 1. The number of aromatic nitrogens is 2. The van der Waals surface area contributed by atoms with Gasteiger partial charge in [0.15, 0.2) is 0 Å². The van der Waals surface area contributed by atoms with Gasteiger partial charge in [-0.15, -0.1) is 0 Å². The van der Waals surface area contributed by atoms with Gasteiger partial charge in [0.25, 0.3) is 0 Å². The van der Waals surface area contributed by atoms with Gasteiger partial charge in [-0.3, -0.25) is 0 Å². The molecule has 0 saturated carbocycles. The zero-order valence-electron chi connectivity index (χ0n) is 13.8. The second-order valence-corrected chi connectivity index (χ2v) is 8.02. The Labute approximate surface area is 138 Å². The summed E-state index contributed by atoms with van der Waals surface area (Å²) in [5.74, 6) is 0.326. The lowest BCUT2D eigenvalue weighted by Crippen LogP contribution is -2.34. The van der Waals surface area contributed by atoms with Crippen molar-refractivity contribution in [1.82, 2.24) is 14.1 Å². The predicted molar refractivity (Wildman–Crippen MR) is 90.8 cm³/mol. The molecule has 126 valence electrons. The van der Waals surface area contributed by atoms with Gasteiger partial charge in [0, 0.05) is 19.6 Å². The smallest absolute Gasteiger partial charge is 0.245 e. The molecular weight excluding hydrogens is 312 g/mol. The Balaban J connectivity index is 2.12. The zero-order chi connectivity index (χ0) is 17.0. The molecule has 1 unspecified atom stereocenters. The fraction of sp³-hybridized carbons (Fsp3) is 0.438. The van der Waals surface area contributed by atoms with Crippen molar-refractivity contribution in [1.29, 1.82) is 0 Å². The largest absolute Gasteiger partial charge is 0.327 e. The van der Waals surface area contributed by atoms with Crippen LogP contribution in [0.2, 0.25) is 0 Å². The minimum atomic E-state index is -3.55. The minimum absolute atomic E-state index is 0.0142. The van der Waals surface area contributed by atoms with E-state index in [0.717, 1.165) is 5.69 Å². The molecule has 2 rings (SSSR count). The lowest BCUT2D eigenvalue weighted by Gasteiger charge is -2.20. The highest BCUT2D eigenvalue weighted by Gasteiger charge is 2.23. The molecule has 0 saturated heterocycles. The van der Waals surface area contributed by atoms with Gasteiger partial charge in [-0.2, -0.15) is 5.10 Å². The van der Waals surface area contributed by atoms with E-state index in [2.05, 4.69) is 5.10 Å². The van der Waals surface area contributed by atoms with Crippen molar-refractivity contribution >= 4 is 10.0 Å². The van der Waals surface area contributed by atoms with Crippen molar-refractivity contribution in [3.05, 3.63) is 42.7 Å². The Morgan fingerprint density at radius 2 is 1.91 bits per heavy atom. The lowest BCUT2D eigenvalue weighted by atomic mass is 10.0. The summed E-state index contributed by atoms with van der Waals surface area (Å²) in [7, 11) is -1.98. The first kappa shape index (κ1) is 17.7. The number of para-hydroxylation sites is 1. The van der Waals surface area contributed by atoms with Crippen molar-refractivity contribution in [2.24, 2.45) is 11.7 Å². The normalized spacial score (nSPS) is 13.7. The third kappa shape index (κ3) is 4.19. The van der Waals surface area contributed by atoms with Crippen LogP contribution in [0.3, 0.4) is 0 Å². The molecule has 23 heavy (non-hydrogen) atoms. The summed E-state index contributed by atoms with van der Waals surface area (Å²) in [6, 6.07) is 9.38. The quantitative estimate of drug-likeness (QED) is 0.837. The molecule has 0 spiro atoms. The molecule has 6 nitrogen and oxygen atoms in total. The Morgan fingerprint density at radius 1 is 1.26 bits per heavy atom. The first-order chi connectivity index (χ1) is 10.8. The molecule has 0 bridgehead atoms. The molecule has 7 heteroatoms. The maximum Gasteiger partial charge on any atom is 0.245 e. The van der Waals surface area contributed by atoms with Crippen LogP contribution in [-0.4, -0.2) is 42.1 Å². The fourth-order valence-electron chi connectivity index (χ4n) is 2.13. The summed E-state index contributed by atoms with van der Waals surface area (Å²) in [6.07, 6.45) is 3.53. The van der Waals surface area contributed by atoms with Crippen molar-refractivity contribution in [3.8, 4) is 5.69 Å².